The second kappa shape index (κ2) is 11.5. The molecule has 4 aromatic carbocycles. The minimum Gasteiger partial charge on any atom is -0.252 e. The number of nitrogens with zero attached hydrogens (tertiary/aromatic N) is 6. The summed E-state index contributed by atoms with van der Waals surface area (Å²) in [5.41, 5.74) is 1.06. The maximum atomic E-state index is 15.4. The van der Waals surface area contributed by atoms with Gasteiger partial charge in [0.05, 0.1) is 45.6 Å². The molecule has 1 aliphatic carbocycles. The van der Waals surface area contributed by atoms with Crippen LogP contribution in [-0.4, -0.2) is 16.4 Å². The Bertz CT molecular complexity index is 2350. The van der Waals surface area contributed by atoms with Crippen molar-refractivity contribution in [1.29, 1.82) is 21.0 Å². The van der Waals surface area contributed by atoms with Gasteiger partial charge >= 0.3 is 0 Å². The van der Waals surface area contributed by atoms with E-state index >= 15 is 8.78 Å². The van der Waals surface area contributed by atoms with Crippen LogP contribution in [0.1, 0.15) is 38.9 Å². The second-order valence-electron chi connectivity index (χ2n) is 10.1. The van der Waals surface area contributed by atoms with Gasteiger partial charge in [0.1, 0.15) is 23.3 Å². The Hall–Kier alpha value is -6.53. The number of rotatable bonds is 3. The Morgan fingerprint density at radius 3 is 1.89 bits per heavy atom. The fourth-order valence-corrected chi connectivity index (χ4v) is 5.73. The predicted molar refractivity (Wildman–Crippen MR) is 168 cm³/mol. The van der Waals surface area contributed by atoms with Crippen LogP contribution in [0.4, 0.5) is 13.2 Å². The van der Waals surface area contributed by atoms with Gasteiger partial charge in [0.2, 0.25) is 5.71 Å². The van der Waals surface area contributed by atoms with Crippen LogP contribution in [0.25, 0.3) is 44.9 Å². The second-order valence-corrected chi connectivity index (χ2v) is 10.3. The van der Waals surface area contributed by atoms with Gasteiger partial charge in [0.15, 0.2) is 23.2 Å². The fraction of sp³-hybridized carbons (Fsp3) is 0. The summed E-state index contributed by atoms with van der Waals surface area (Å²) >= 11 is 4.19. The van der Waals surface area contributed by atoms with Crippen LogP contribution < -0.4 is 5.41 Å². The maximum Gasteiger partial charge on any atom is 0.232 e. The summed E-state index contributed by atoms with van der Waals surface area (Å²) in [6, 6.07) is 24.8. The Morgan fingerprint density at radius 2 is 1.33 bits per heavy atom. The largest absolute Gasteiger partial charge is 0.252 e. The Morgan fingerprint density at radius 1 is 0.696 bits per heavy atom. The van der Waals surface area contributed by atoms with E-state index in [0.717, 1.165) is 5.56 Å². The SMILES string of the molecule is N#Cc1cc(C#N)cc(-c2nc3cc(-c4c(F)c(C#N)c(F)c(C#N)c4F)ccc3c3c2C=C(c2ccccc2)C(=NS)C3=[NH2+])c1. The summed E-state index contributed by atoms with van der Waals surface area (Å²) < 4.78 is 49.5. The molecule has 0 bridgehead atoms. The summed E-state index contributed by atoms with van der Waals surface area (Å²) in [7, 11) is 0. The van der Waals surface area contributed by atoms with E-state index in [4.69, 9.17) is 10.4 Å². The number of benzene rings is 4. The molecule has 0 unspecified atom stereocenters. The molecule has 216 valence electrons. The molecule has 46 heavy (non-hydrogen) atoms. The van der Waals surface area contributed by atoms with Crippen LogP contribution in [0.2, 0.25) is 0 Å². The van der Waals surface area contributed by atoms with Crippen LogP contribution in [0.5, 0.6) is 0 Å². The van der Waals surface area contributed by atoms with E-state index in [0.29, 0.717) is 39.1 Å². The summed E-state index contributed by atoms with van der Waals surface area (Å²) in [5.74, 6) is -4.53. The zero-order valence-electron chi connectivity index (χ0n) is 23.3. The molecule has 11 heteroatoms. The predicted octanol–water partition coefficient (Wildman–Crippen LogP) is 5.86. The molecular weight excluding hydrogens is 607 g/mol. The van der Waals surface area contributed by atoms with Crippen molar-refractivity contribution in [3.05, 3.63) is 123 Å². The monoisotopic (exact) mass is 622 g/mol. The zero-order valence-corrected chi connectivity index (χ0v) is 24.2. The first-order valence-corrected chi connectivity index (χ1v) is 13.7. The highest BCUT2D eigenvalue weighted by molar-refractivity contribution is 7.79. The van der Waals surface area contributed by atoms with Gasteiger partial charge in [-0.3, -0.25) is 5.41 Å². The first-order chi connectivity index (χ1) is 22.3. The summed E-state index contributed by atoms with van der Waals surface area (Å²) in [6.07, 6.45) is 1.81. The maximum absolute atomic E-state index is 15.4. The van der Waals surface area contributed by atoms with E-state index in [2.05, 4.69) is 17.2 Å². The van der Waals surface area contributed by atoms with E-state index in [1.165, 1.54) is 36.4 Å². The van der Waals surface area contributed by atoms with E-state index in [1.54, 1.807) is 12.1 Å². The summed E-state index contributed by atoms with van der Waals surface area (Å²) in [6.45, 7) is 0. The van der Waals surface area contributed by atoms with Gasteiger partial charge in [-0.25, -0.2) is 22.6 Å². The molecule has 2 N–H and O–H groups in total. The van der Waals surface area contributed by atoms with Gasteiger partial charge in [0.25, 0.3) is 0 Å². The van der Waals surface area contributed by atoms with Crippen LogP contribution in [0, 0.1) is 62.8 Å². The molecule has 1 aromatic heterocycles. The molecule has 0 fully saturated rings. The number of nitrogens with two attached hydrogens (primary N) is 1. The van der Waals surface area contributed by atoms with Crippen LogP contribution in [-0.2, 0) is 0 Å². The lowest BCUT2D eigenvalue weighted by molar-refractivity contribution is -0.109. The first kappa shape index (κ1) is 29.5. The number of pyridine rings is 1. The van der Waals surface area contributed by atoms with Crippen molar-refractivity contribution in [2.45, 2.75) is 0 Å². The standard InChI is InChI=1S/C35H14F3N7S/c36-30-25(15-41)31(37)28(32(38)26(30)16-42)20-6-7-22-27(11-20)44-34(21-9-17(13-39)8-18(10-21)14-40)24-12-23(19-4-2-1-3-5-19)35(45-46)33(43)29(22)24/h1-12,43,46H/p+1. The van der Waals surface area contributed by atoms with Crippen molar-refractivity contribution in [1.82, 2.24) is 4.98 Å². The van der Waals surface area contributed by atoms with Crippen molar-refractivity contribution in [2.75, 3.05) is 0 Å². The highest BCUT2D eigenvalue weighted by Gasteiger charge is 2.33. The van der Waals surface area contributed by atoms with Crippen molar-refractivity contribution >= 4 is 46.8 Å². The van der Waals surface area contributed by atoms with E-state index in [1.807, 2.05) is 48.5 Å². The first-order valence-electron chi connectivity index (χ1n) is 13.3. The molecule has 0 saturated heterocycles. The number of halogens is 3. The lowest BCUT2D eigenvalue weighted by Gasteiger charge is -2.21. The molecule has 5 aromatic rings. The quantitative estimate of drug-likeness (QED) is 0.242. The number of nitriles is 4. The molecule has 0 radical (unpaired) electrons. The fourth-order valence-electron chi connectivity index (χ4n) is 5.51. The Balaban J connectivity index is 1.74. The van der Waals surface area contributed by atoms with E-state index in [9.17, 15) is 25.4 Å². The van der Waals surface area contributed by atoms with E-state index in [-0.39, 0.29) is 27.9 Å². The normalized spacial score (nSPS) is 12.9. The molecule has 6 rings (SSSR count). The molecule has 1 aliphatic rings. The third kappa shape index (κ3) is 4.57. The van der Waals surface area contributed by atoms with Gasteiger partial charge in [-0.2, -0.15) is 21.0 Å². The average Bonchev–Trinajstić information content (AvgIpc) is 3.08. The van der Waals surface area contributed by atoms with Gasteiger partial charge in [-0.1, -0.05) is 42.5 Å². The average molecular weight is 623 g/mol. The van der Waals surface area contributed by atoms with Gasteiger partial charge in [0, 0.05) is 22.1 Å². The number of thiol groups is 1. The highest BCUT2D eigenvalue weighted by atomic mass is 32.1. The third-order valence-electron chi connectivity index (χ3n) is 7.57. The van der Waals surface area contributed by atoms with Crippen molar-refractivity contribution in [3.63, 3.8) is 0 Å². The highest BCUT2D eigenvalue weighted by Crippen LogP contribution is 2.40. The molecule has 7 nitrogen and oxygen atoms in total. The lowest BCUT2D eigenvalue weighted by atomic mass is 9.82. The Kier molecular flexibility index (Phi) is 7.40. The molecule has 0 aliphatic heterocycles. The van der Waals surface area contributed by atoms with Crippen molar-refractivity contribution in [2.24, 2.45) is 4.40 Å². The Labute approximate surface area is 265 Å². The van der Waals surface area contributed by atoms with Gasteiger partial charge in [-0.15, -0.1) is 0 Å². The zero-order chi connectivity index (χ0) is 32.7. The number of aromatic nitrogens is 1. The molecule has 0 spiro atoms. The molecule has 0 saturated carbocycles. The number of allylic oxidation sites excluding steroid dienone is 1. The van der Waals surface area contributed by atoms with Crippen LogP contribution in [0.15, 0.2) is 71.1 Å². The van der Waals surface area contributed by atoms with Crippen molar-refractivity contribution < 1.29 is 18.6 Å². The van der Waals surface area contributed by atoms with Crippen molar-refractivity contribution in [3.8, 4) is 46.7 Å². The number of hydrogen-bond acceptors (Lipinski definition) is 7. The molecular formula is C35H15F3N7S+. The smallest absolute Gasteiger partial charge is 0.232 e. The summed E-state index contributed by atoms with van der Waals surface area (Å²) in [4.78, 5) is 4.83. The van der Waals surface area contributed by atoms with E-state index < -0.39 is 34.1 Å². The number of fused-ring (bicyclic) bond motifs is 3. The van der Waals surface area contributed by atoms with Gasteiger partial charge < -0.3 is 0 Å². The van der Waals surface area contributed by atoms with Crippen LogP contribution in [0.3, 0.4) is 0 Å². The van der Waals surface area contributed by atoms with Crippen LogP contribution >= 0.6 is 12.8 Å². The third-order valence-corrected chi connectivity index (χ3v) is 7.77. The minimum absolute atomic E-state index is 0.129. The minimum atomic E-state index is -1.59. The topological polar surface area (TPSA) is 146 Å². The lowest BCUT2D eigenvalue weighted by Crippen LogP contribution is -2.47. The number of hydrogen-bond donors (Lipinski definition) is 2. The molecule has 1 heterocycles. The molecule has 0 atom stereocenters. The molecule has 0 amide bonds. The summed E-state index contributed by atoms with van der Waals surface area (Å²) in [5, 5.41) is 45.3. The van der Waals surface area contributed by atoms with Gasteiger partial charge in [-0.05, 0) is 54.3 Å².